The Labute approximate surface area is 133 Å². The molecule has 0 aliphatic heterocycles. The second-order valence-corrected chi connectivity index (χ2v) is 6.18. The van der Waals surface area contributed by atoms with E-state index in [4.69, 9.17) is 11.6 Å². The van der Waals surface area contributed by atoms with Crippen LogP contribution < -0.4 is 5.32 Å². The van der Waals surface area contributed by atoms with E-state index in [0.717, 1.165) is 18.0 Å². The van der Waals surface area contributed by atoms with Crippen LogP contribution in [-0.2, 0) is 6.42 Å². The van der Waals surface area contributed by atoms with Gasteiger partial charge in [-0.25, -0.2) is 0 Å². The van der Waals surface area contributed by atoms with Gasteiger partial charge in [0.2, 0.25) is 0 Å². The van der Waals surface area contributed by atoms with E-state index < -0.39 is 0 Å². The molecule has 0 saturated heterocycles. The first-order valence-corrected chi connectivity index (χ1v) is 7.94. The number of hydrogen-bond acceptors (Lipinski definition) is 1. The SMILES string of the molecule is CCNC(Cc1c(C)cccc1C)c1cc(C)cc(Cl)c1. The predicted octanol–water partition coefficient (Wildman–Crippen LogP) is 5.16. The third-order valence-corrected chi connectivity index (χ3v) is 4.19. The molecule has 2 aromatic rings. The number of halogens is 1. The van der Waals surface area contributed by atoms with Crippen LogP contribution in [0.3, 0.4) is 0 Å². The Morgan fingerprint density at radius 2 is 1.71 bits per heavy atom. The molecule has 21 heavy (non-hydrogen) atoms. The molecule has 1 unspecified atom stereocenters. The maximum Gasteiger partial charge on any atom is 0.0411 e. The number of nitrogens with one attached hydrogen (secondary N) is 1. The molecule has 0 aliphatic rings. The van der Waals surface area contributed by atoms with E-state index >= 15 is 0 Å². The molecule has 2 rings (SSSR count). The van der Waals surface area contributed by atoms with Crippen LogP contribution in [0.2, 0.25) is 5.02 Å². The lowest BCUT2D eigenvalue weighted by Gasteiger charge is -2.21. The van der Waals surface area contributed by atoms with E-state index in [9.17, 15) is 0 Å². The highest BCUT2D eigenvalue weighted by Crippen LogP contribution is 2.26. The summed E-state index contributed by atoms with van der Waals surface area (Å²) in [5.41, 5.74) is 6.63. The maximum absolute atomic E-state index is 6.23. The average Bonchev–Trinajstić information content (AvgIpc) is 2.40. The van der Waals surface area contributed by atoms with Gasteiger partial charge in [0.25, 0.3) is 0 Å². The molecular formula is C19H24ClN. The zero-order chi connectivity index (χ0) is 15.4. The Morgan fingerprint density at radius 3 is 2.29 bits per heavy atom. The predicted molar refractivity (Wildman–Crippen MR) is 92.2 cm³/mol. The van der Waals surface area contributed by atoms with Crippen LogP contribution in [0.4, 0.5) is 0 Å². The first kappa shape index (κ1) is 16.1. The van der Waals surface area contributed by atoms with Gasteiger partial charge in [0.05, 0.1) is 0 Å². The maximum atomic E-state index is 6.23. The van der Waals surface area contributed by atoms with E-state index in [-0.39, 0.29) is 0 Å². The van der Waals surface area contributed by atoms with Gasteiger partial charge < -0.3 is 5.32 Å². The summed E-state index contributed by atoms with van der Waals surface area (Å²) in [6, 6.07) is 13.1. The Morgan fingerprint density at radius 1 is 1.05 bits per heavy atom. The second kappa shape index (κ2) is 7.11. The lowest BCUT2D eigenvalue weighted by atomic mass is 9.92. The fourth-order valence-corrected chi connectivity index (χ4v) is 3.19. The molecule has 0 bridgehead atoms. The highest BCUT2D eigenvalue weighted by molar-refractivity contribution is 6.30. The minimum atomic E-state index is 0.298. The molecule has 0 aromatic heterocycles. The lowest BCUT2D eigenvalue weighted by Crippen LogP contribution is -2.23. The van der Waals surface area contributed by atoms with Crippen LogP contribution in [-0.4, -0.2) is 6.54 Å². The molecule has 1 N–H and O–H groups in total. The molecule has 0 aliphatic carbocycles. The lowest BCUT2D eigenvalue weighted by molar-refractivity contribution is 0.547. The van der Waals surface area contributed by atoms with Crippen LogP contribution in [0.1, 0.15) is 40.8 Å². The van der Waals surface area contributed by atoms with E-state index in [1.807, 2.05) is 6.07 Å². The van der Waals surface area contributed by atoms with Gasteiger partial charge in [0.15, 0.2) is 0 Å². The highest BCUT2D eigenvalue weighted by atomic mass is 35.5. The molecule has 0 fully saturated rings. The van der Waals surface area contributed by atoms with Gasteiger partial charge in [0, 0.05) is 11.1 Å². The molecule has 2 aromatic carbocycles. The quantitative estimate of drug-likeness (QED) is 0.804. The van der Waals surface area contributed by atoms with Crippen molar-refractivity contribution in [2.45, 2.75) is 40.2 Å². The summed E-state index contributed by atoms with van der Waals surface area (Å²) in [6.07, 6.45) is 0.992. The van der Waals surface area contributed by atoms with Gasteiger partial charge in [-0.3, -0.25) is 0 Å². The largest absolute Gasteiger partial charge is 0.310 e. The van der Waals surface area contributed by atoms with Crippen molar-refractivity contribution in [1.82, 2.24) is 5.32 Å². The van der Waals surface area contributed by atoms with Crippen molar-refractivity contribution in [3.63, 3.8) is 0 Å². The normalized spacial score (nSPS) is 12.4. The van der Waals surface area contributed by atoms with Crippen LogP contribution in [0, 0.1) is 20.8 Å². The summed E-state index contributed by atoms with van der Waals surface area (Å²) in [6.45, 7) is 9.57. The van der Waals surface area contributed by atoms with Gasteiger partial charge >= 0.3 is 0 Å². The molecule has 112 valence electrons. The van der Waals surface area contributed by atoms with Crippen LogP contribution in [0.15, 0.2) is 36.4 Å². The van der Waals surface area contributed by atoms with Crippen LogP contribution >= 0.6 is 11.6 Å². The topological polar surface area (TPSA) is 12.0 Å². The Hall–Kier alpha value is -1.31. The van der Waals surface area contributed by atoms with Crippen molar-refractivity contribution in [1.29, 1.82) is 0 Å². The summed E-state index contributed by atoms with van der Waals surface area (Å²) in [4.78, 5) is 0. The minimum Gasteiger partial charge on any atom is -0.310 e. The van der Waals surface area contributed by atoms with Crippen molar-refractivity contribution in [3.8, 4) is 0 Å². The Bertz CT molecular complexity index is 578. The second-order valence-electron chi connectivity index (χ2n) is 5.75. The monoisotopic (exact) mass is 301 g/mol. The summed E-state index contributed by atoms with van der Waals surface area (Å²) in [7, 11) is 0. The molecule has 0 amide bonds. The van der Waals surface area contributed by atoms with Crippen molar-refractivity contribution >= 4 is 11.6 Å². The van der Waals surface area contributed by atoms with Crippen molar-refractivity contribution in [2.75, 3.05) is 6.54 Å². The van der Waals surface area contributed by atoms with Crippen LogP contribution in [0.5, 0.6) is 0 Å². The van der Waals surface area contributed by atoms with Gasteiger partial charge in [-0.1, -0.05) is 42.8 Å². The van der Waals surface area contributed by atoms with E-state index in [2.05, 4.69) is 63.3 Å². The Kier molecular flexibility index (Phi) is 5.44. The number of likely N-dealkylation sites (N-methyl/N-ethyl adjacent to an activating group) is 1. The standard InChI is InChI=1S/C19H24ClN/c1-5-21-19(16-9-13(2)10-17(20)11-16)12-18-14(3)7-6-8-15(18)4/h6-11,19,21H,5,12H2,1-4H3. The zero-order valence-electron chi connectivity index (χ0n) is 13.3. The van der Waals surface area contributed by atoms with Crippen LogP contribution in [0.25, 0.3) is 0 Å². The van der Waals surface area contributed by atoms with Crippen molar-refractivity contribution in [3.05, 3.63) is 69.2 Å². The number of hydrogen-bond donors (Lipinski definition) is 1. The van der Waals surface area contributed by atoms with Gasteiger partial charge in [-0.2, -0.15) is 0 Å². The van der Waals surface area contributed by atoms with Crippen molar-refractivity contribution in [2.24, 2.45) is 0 Å². The average molecular weight is 302 g/mol. The first-order valence-electron chi connectivity index (χ1n) is 7.56. The first-order chi connectivity index (χ1) is 10.0. The third-order valence-electron chi connectivity index (χ3n) is 3.97. The number of rotatable bonds is 5. The van der Waals surface area contributed by atoms with Gasteiger partial charge in [-0.05, 0) is 73.7 Å². The summed E-state index contributed by atoms with van der Waals surface area (Å²) < 4.78 is 0. The molecule has 0 radical (unpaired) electrons. The van der Waals surface area contributed by atoms with E-state index in [0.29, 0.717) is 6.04 Å². The fourth-order valence-electron chi connectivity index (χ4n) is 2.90. The van der Waals surface area contributed by atoms with Crippen molar-refractivity contribution < 1.29 is 0 Å². The summed E-state index contributed by atoms with van der Waals surface area (Å²) in [5, 5.41) is 4.41. The number of benzene rings is 2. The van der Waals surface area contributed by atoms with Gasteiger partial charge in [0.1, 0.15) is 0 Å². The smallest absolute Gasteiger partial charge is 0.0411 e. The molecule has 2 heteroatoms. The molecule has 0 spiro atoms. The molecule has 0 heterocycles. The Balaban J connectivity index is 2.35. The van der Waals surface area contributed by atoms with E-state index in [1.54, 1.807) is 0 Å². The molecule has 1 atom stereocenters. The third kappa shape index (κ3) is 4.09. The zero-order valence-corrected chi connectivity index (χ0v) is 14.1. The van der Waals surface area contributed by atoms with Gasteiger partial charge in [-0.15, -0.1) is 0 Å². The van der Waals surface area contributed by atoms with E-state index in [1.165, 1.54) is 27.8 Å². The molecule has 0 saturated carbocycles. The highest BCUT2D eigenvalue weighted by Gasteiger charge is 2.14. The summed E-state index contributed by atoms with van der Waals surface area (Å²) in [5.74, 6) is 0. The molecule has 1 nitrogen and oxygen atoms in total. The fraction of sp³-hybridized carbons (Fsp3) is 0.368. The molecular weight excluding hydrogens is 278 g/mol. The summed E-state index contributed by atoms with van der Waals surface area (Å²) >= 11 is 6.23. The minimum absolute atomic E-state index is 0.298. The number of aryl methyl sites for hydroxylation is 3.